The summed E-state index contributed by atoms with van der Waals surface area (Å²) >= 11 is 0. The van der Waals surface area contributed by atoms with E-state index in [9.17, 15) is 18.0 Å². The summed E-state index contributed by atoms with van der Waals surface area (Å²) in [4.78, 5) is 11.2. The number of carboxylic acids is 1. The molecule has 2 aromatic rings. The van der Waals surface area contributed by atoms with Crippen LogP contribution >= 0.6 is 0 Å². The predicted molar refractivity (Wildman–Crippen MR) is 71.6 cm³/mol. The number of rotatable bonds is 3. The lowest BCUT2D eigenvalue weighted by Crippen LogP contribution is -2.08. The number of aromatic carboxylic acids is 1. The monoisotopic (exact) mass is 314 g/mol. The molecule has 1 heterocycles. The lowest BCUT2D eigenvalue weighted by Gasteiger charge is -2.12. The first-order chi connectivity index (χ1) is 10.1. The highest BCUT2D eigenvalue weighted by Gasteiger charge is 2.32. The Balaban J connectivity index is 2.68. The van der Waals surface area contributed by atoms with Gasteiger partial charge in [0.05, 0.1) is 29.7 Å². The number of aryl methyl sites for hydroxylation is 1. The van der Waals surface area contributed by atoms with Crippen molar-refractivity contribution >= 4 is 5.97 Å². The number of hydrogen-bond donors (Lipinski definition) is 1. The molecule has 1 N–H and O–H groups in total. The number of hydrogen-bond acceptors (Lipinski definition) is 3. The maximum absolute atomic E-state index is 12.9. The number of benzene rings is 1. The molecular weight excluding hydrogens is 301 g/mol. The summed E-state index contributed by atoms with van der Waals surface area (Å²) < 4.78 is 44.8. The van der Waals surface area contributed by atoms with Crippen LogP contribution in [-0.4, -0.2) is 28.0 Å². The summed E-state index contributed by atoms with van der Waals surface area (Å²) in [6, 6.07) is 3.13. The van der Waals surface area contributed by atoms with Crippen molar-refractivity contribution < 1.29 is 27.8 Å². The standard InChI is InChI=1S/C14H13F3N2O3/c1-7-12(13(20)21)8(2)19(18-7)10-4-9(14(15,16)17)5-11(6-10)22-3/h4-6H,1-3H3,(H,20,21). The van der Waals surface area contributed by atoms with Crippen LogP contribution in [0.4, 0.5) is 13.2 Å². The van der Waals surface area contributed by atoms with Crippen LogP contribution in [0.2, 0.25) is 0 Å². The maximum Gasteiger partial charge on any atom is 0.416 e. The molecule has 8 heteroatoms. The quantitative estimate of drug-likeness (QED) is 0.945. The van der Waals surface area contributed by atoms with Crippen molar-refractivity contribution in [2.45, 2.75) is 20.0 Å². The van der Waals surface area contributed by atoms with Crippen LogP contribution in [0.15, 0.2) is 18.2 Å². The average molecular weight is 314 g/mol. The van der Waals surface area contributed by atoms with E-state index in [4.69, 9.17) is 9.84 Å². The number of nitrogens with zero attached hydrogens (tertiary/aromatic N) is 2. The van der Waals surface area contributed by atoms with Gasteiger partial charge < -0.3 is 9.84 Å². The molecule has 5 nitrogen and oxygen atoms in total. The Kier molecular flexibility index (Phi) is 3.87. The van der Waals surface area contributed by atoms with Crippen molar-refractivity contribution in [2.75, 3.05) is 7.11 Å². The molecule has 1 aromatic carbocycles. The molecular formula is C14H13F3N2O3. The molecule has 0 saturated heterocycles. The fourth-order valence-corrected chi connectivity index (χ4v) is 2.19. The Morgan fingerprint density at radius 2 is 1.91 bits per heavy atom. The van der Waals surface area contributed by atoms with Crippen LogP contribution in [0.1, 0.15) is 27.3 Å². The lowest BCUT2D eigenvalue weighted by molar-refractivity contribution is -0.137. The Hall–Kier alpha value is -2.51. The number of carboxylic acid groups (broad SMARTS) is 1. The van der Waals surface area contributed by atoms with Crippen LogP contribution in [0.3, 0.4) is 0 Å². The summed E-state index contributed by atoms with van der Waals surface area (Å²) in [5.74, 6) is -1.17. The molecule has 22 heavy (non-hydrogen) atoms. The summed E-state index contributed by atoms with van der Waals surface area (Å²) in [7, 11) is 1.25. The summed E-state index contributed by atoms with van der Waals surface area (Å²) in [5, 5.41) is 13.1. The largest absolute Gasteiger partial charge is 0.497 e. The van der Waals surface area contributed by atoms with E-state index in [2.05, 4.69) is 5.10 Å². The van der Waals surface area contributed by atoms with E-state index in [1.165, 1.54) is 27.0 Å². The topological polar surface area (TPSA) is 64.4 Å². The third-order valence-corrected chi connectivity index (χ3v) is 3.20. The van der Waals surface area contributed by atoms with E-state index in [-0.39, 0.29) is 28.4 Å². The zero-order chi connectivity index (χ0) is 16.7. The summed E-state index contributed by atoms with van der Waals surface area (Å²) in [6.07, 6.45) is -4.55. The molecule has 0 fully saturated rings. The minimum Gasteiger partial charge on any atom is -0.497 e. The van der Waals surface area contributed by atoms with E-state index in [0.717, 1.165) is 16.8 Å². The van der Waals surface area contributed by atoms with Gasteiger partial charge in [0.2, 0.25) is 0 Å². The third kappa shape index (κ3) is 2.76. The molecule has 0 aliphatic heterocycles. The van der Waals surface area contributed by atoms with Gasteiger partial charge in [-0.15, -0.1) is 0 Å². The van der Waals surface area contributed by atoms with Gasteiger partial charge in [-0.2, -0.15) is 18.3 Å². The van der Waals surface area contributed by atoms with E-state index >= 15 is 0 Å². The highest BCUT2D eigenvalue weighted by Crippen LogP contribution is 2.34. The van der Waals surface area contributed by atoms with Gasteiger partial charge in [-0.25, -0.2) is 9.48 Å². The molecule has 0 aliphatic rings. The zero-order valence-corrected chi connectivity index (χ0v) is 12.0. The molecule has 118 valence electrons. The minimum absolute atomic E-state index is 0.00857. The van der Waals surface area contributed by atoms with Crippen molar-refractivity contribution in [2.24, 2.45) is 0 Å². The Morgan fingerprint density at radius 3 is 2.36 bits per heavy atom. The van der Waals surface area contributed by atoms with Crippen molar-refractivity contribution in [1.82, 2.24) is 9.78 Å². The number of ether oxygens (including phenoxy) is 1. The zero-order valence-electron chi connectivity index (χ0n) is 12.0. The van der Waals surface area contributed by atoms with Gasteiger partial charge in [-0.1, -0.05) is 0 Å². The molecule has 0 aliphatic carbocycles. The number of methoxy groups -OCH3 is 1. The fraction of sp³-hybridized carbons (Fsp3) is 0.286. The fourth-order valence-electron chi connectivity index (χ4n) is 2.19. The highest BCUT2D eigenvalue weighted by molar-refractivity contribution is 5.90. The molecule has 0 amide bonds. The van der Waals surface area contributed by atoms with Crippen LogP contribution in [0.5, 0.6) is 5.75 Å². The Labute approximate surface area is 123 Å². The number of carbonyl (C=O) groups is 1. The van der Waals surface area contributed by atoms with Crippen LogP contribution in [0.25, 0.3) is 5.69 Å². The van der Waals surface area contributed by atoms with Crippen molar-refractivity contribution in [1.29, 1.82) is 0 Å². The van der Waals surface area contributed by atoms with Gasteiger partial charge in [-0.05, 0) is 26.0 Å². The normalized spacial score (nSPS) is 11.5. The highest BCUT2D eigenvalue weighted by atomic mass is 19.4. The second kappa shape index (κ2) is 5.36. The Morgan fingerprint density at radius 1 is 1.27 bits per heavy atom. The molecule has 2 rings (SSSR count). The first kappa shape index (κ1) is 15.9. The maximum atomic E-state index is 12.9. The number of halogens is 3. The van der Waals surface area contributed by atoms with Gasteiger partial charge in [0.25, 0.3) is 0 Å². The van der Waals surface area contributed by atoms with Crippen molar-refractivity contribution in [3.05, 3.63) is 40.7 Å². The minimum atomic E-state index is -4.55. The Bertz CT molecular complexity index is 736. The van der Waals surface area contributed by atoms with Crippen LogP contribution in [-0.2, 0) is 6.18 Å². The van der Waals surface area contributed by atoms with Gasteiger partial charge in [-0.3, -0.25) is 0 Å². The average Bonchev–Trinajstić information content (AvgIpc) is 2.72. The van der Waals surface area contributed by atoms with Gasteiger partial charge in [0, 0.05) is 6.07 Å². The SMILES string of the molecule is COc1cc(-n2nc(C)c(C(=O)O)c2C)cc(C(F)(F)F)c1. The molecule has 0 unspecified atom stereocenters. The molecule has 0 spiro atoms. The van der Waals surface area contributed by atoms with E-state index in [0.29, 0.717) is 0 Å². The molecule has 0 bridgehead atoms. The van der Waals surface area contributed by atoms with Gasteiger partial charge in [0.15, 0.2) is 0 Å². The predicted octanol–water partition coefficient (Wildman–Crippen LogP) is 3.21. The molecule has 1 aromatic heterocycles. The van der Waals surface area contributed by atoms with E-state index in [1.54, 1.807) is 0 Å². The van der Waals surface area contributed by atoms with Crippen molar-refractivity contribution in [3.63, 3.8) is 0 Å². The lowest BCUT2D eigenvalue weighted by atomic mass is 10.1. The number of alkyl halides is 3. The smallest absolute Gasteiger partial charge is 0.416 e. The van der Waals surface area contributed by atoms with Crippen LogP contribution in [0, 0.1) is 13.8 Å². The number of aromatic nitrogens is 2. The summed E-state index contributed by atoms with van der Waals surface area (Å²) in [6.45, 7) is 2.97. The van der Waals surface area contributed by atoms with Crippen LogP contribution < -0.4 is 4.74 Å². The second-order valence-corrected chi connectivity index (χ2v) is 4.68. The van der Waals surface area contributed by atoms with E-state index in [1.807, 2.05) is 0 Å². The van der Waals surface area contributed by atoms with Gasteiger partial charge >= 0.3 is 12.1 Å². The molecule has 0 radical (unpaired) electrons. The van der Waals surface area contributed by atoms with Gasteiger partial charge in [0.1, 0.15) is 11.3 Å². The molecule has 0 saturated carbocycles. The molecule has 0 atom stereocenters. The summed E-state index contributed by atoms with van der Waals surface area (Å²) in [5.41, 5.74) is -0.379. The van der Waals surface area contributed by atoms with E-state index < -0.39 is 17.7 Å². The first-order valence-electron chi connectivity index (χ1n) is 6.21. The third-order valence-electron chi connectivity index (χ3n) is 3.20. The first-order valence-corrected chi connectivity index (χ1v) is 6.21. The second-order valence-electron chi connectivity index (χ2n) is 4.68. The van der Waals surface area contributed by atoms with Crippen molar-refractivity contribution in [3.8, 4) is 11.4 Å².